The lowest BCUT2D eigenvalue weighted by molar-refractivity contribution is 0.385. The lowest BCUT2D eigenvalue weighted by atomic mass is 9.91. The summed E-state index contributed by atoms with van der Waals surface area (Å²) in [4.78, 5) is 0. The zero-order valence-electron chi connectivity index (χ0n) is 15.0. The van der Waals surface area contributed by atoms with Gasteiger partial charge in [0.05, 0.1) is 0 Å². The zero-order chi connectivity index (χ0) is 17.4. The average molecular weight is 322 g/mol. The minimum atomic E-state index is -0.208. The lowest BCUT2D eigenvalue weighted by Gasteiger charge is -2.15. The summed E-state index contributed by atoms with van der Waals surface area (Å²) >= 11 is 0. The van der Waals surface area contributed by atoms with E-state index in [0.717, 1.165) is 11.5 Å². The van der Waals surface area contributed by atoms with Crippen molar-refractivity contribution in [2.75, 3.05) is 0 Å². The maximum atomic E-state index is 13.3. The van der Waals surface area contributed by atoms with Gasteiger partial charge in [-0.15, -0.1) is 0 Å². The van der Waals surface area contributed by atoms with Crippen LogP contribution >= 0.6 is 0 Å². The van der Waals surface area contributed by atoms with E-state index in [1.54, 1.807) is 13.0 Å². The standard InChI is InChI=1S/C16H13F.C7H14/c1-12-3-6-14(7-4-12)9-10-15-8-5-13(2)16(17)11-15;1-7-5-3-2-4-6-7/h3-8,11H,1-2H3;7H,2-6H2,1H3. The summed E-state index contributed by atoms with van der Waals surface area (Å²) in [5.74, 6) is 6.80. The molecule has 0 heterocycles. The third kappa shape index (κ3) is 6.20. The molecule has 1 heteroatoms. The predicted octanol–water partition coefficient (Wildman–Crippen LogP) is 6.43. The molecule has 0 radical (unpaired) electrons. The smallest absolute Gasteiger partial charge is 0.127 e. The van der Waals surface area contributed by atoms with Gasteiger partial charge in [-0.05, 0) is 49.6 Å². The maximum absolute atomic E-state index is 13.3. The van der Waals surface area contributed by atoms with E-state index in [1.807, 2.05) is 37.3 Å². The first kappa shape index (κ1) is 18.3. The fourth-order valence-electron chi connectivity index (χ4n) is 2.76. The van der Waals surface area contributed by atoms with Crippen molar-refractivity contribution in [3.8, 4) is 11.8 Å². The van der Waals surface area contributed by atoms with Crippen molar-refractivity contribution in [2.45, 2.75) is 52.9 Å². The second kappa shape index (κ2) is 9.28. The van der Waals surface area contributed by atoms with Crippen LogP contribution in [0.5, 0.6) is 0 Å². The van der Waals surface area contributed by atoms with Crippen LogP contribution in [0.2, 0.25) is 0 Å². The van der Waals surface area contributed by atoms with E-state index in [0.29, 0.717) is 11.1 Å². The molecule has 0 atom stereocenters. The van der Waals surface area contributed by atoms with Gasteiger partial charge in [-0.3, -0.25) is 0 Å². The fourth-order valence-corrected chi connectivity index (χ4v) is 2.76. The number of hydrogen-bond acceptors (Lipinski definition) is 0. The van der Waals surface area contributed by atoms with Crippen molar-refractivity contribution >= 4 is 0 Å². The molecule has 0 amide bonds. The topological polar surface area (TPSA) is 0 Å². The first-order valence-electron chi connectivity index (χ1n) is 8.89. The van der Waals surface area contributed by atoms with Crippen LogP contribution in [0.4, 0.5) is 4.39 Å². The molecule has 2 aromatic rings. The number of benzene rings is 2. The third-order valence-corrected chi connectivity index (χ3v) is 4.47. The molecule has 2 aromatic carbocycles. The van der Waals surface area contributed by atoms with E-state index in [4.69, 9.17) is 0 Å². The summed E-state index contributed by atoms with van der Waals surface area (Å²) in [6.07, 6.45) is 7.44. The lowest BCUT2D eigenvalue weighted by Crippen LogP contribution is -1.99. The Kier molecular flexibility index (Phi) is 7.07. The van der Waals surface area contributed by atoms with Gasteiger partial charge in [0.2, 0.25) is 0 Å². The van der Waals surface area contributed by atoms with Gasteiger partial charge in [0.1, 0.15) is 5.82 Å². The van der Waals surface area contributed by atoms with E-state index in [2.05, 4.69) is 18.8 Å². The Balaban J connectivity index is 0.000000249. The summed E-state index contributed by atoms with van der Waals surface area (Å²) in [7, 11) is 0. The van der Waals surface area contributed by atoms with Crippen LogP contribution in [0.15, 0.2) is 42.5 Å². The second-order valence-electron chi connectivity index (χ2n) is 6.82. The Hall–Kier alpha value is -2.07. The Labute approximate surface area is 146 Å². The molecule has 1 aliphatic rings. The van der Waals surface area contributed by atoms with E-state index < -0.39 is 0 Å². The molecule has 0 N–H and O–H groups in total. The van der Waals surface area contributed by atoms with Crippen LogP contribution in [0, 0.1) is 37.4 Å². The molecule has 0 bridgehead atoms. The Bertz CT molecular complexity index is 695. The molecular weight excluding hydrogens is 295 g/mol. The summed E-state index contributed by atoms with van der Waals surface area (Å²) in [6.45, 7) is 6.14. The van der Waals surface area contributed by atoms with Gasteiger partial charge in [-0.2, -0.15) is 0 Å². The molecule has 24 heavy (non-hydrogen) atoms. The van der Waals surface area contributed by atoms with E-state index in [9.17, 15) is 4.39 Å². The normalized spacial score (nSPS) is 14.2. The largest absolute Gasteiger partial charge is 0.207 e. The van der Waals surface area contributed by atoms with Gasteiger partial charge < -0.3 is 0 Å². The summed E-state index contributed by atoms with van der Waals surface area (Å²) in [5, 5.41) is 0. The third-order valence-electron chi connectivity index (χ3n) is 4.47. The van der Waals surface area contributed by atoms with E-state index in [1.165, 1.54) is 43.7 Å². The number of rotatable bonds is 0. The highest BCUT2D eigenvalue weighted by atomic mass is 19.1. The first-order chi connectivity index (χ1) is 11.5. The van der Waals surface area contributed by atoms with Gasteiger partial charge in [0.25, 0.3) is 0 Å². The van der Waals surface area contributed by atoms with Crippen LogP contribution in [0.1, 0.15) is 61.3 Å². The molecule has 0 saturated heterocycles. The molecule has 126 valence electrons. The minimum absolute atomic E-state index is 0.208. The van der Waals surface area contributed by atoms with Gasteiger partial charge in [0.15, 0.2) is 0 Å². The Morgan fingerprint density at radius 1 is 0.833 bits per heavy atom. The van der Waals surface area contributed by atoms with Crippen LogP contribution in [0.3, 0.4) is 0 Å². The fraction of sp³-hybridized carbons (Fsp3) is 0.391. The molecule has 0 unspecified atom stereocenters. The highest BCUT2D eigenvalue weighted by Gasteiger charge is 2.05. The quantitative estimate of drug-likeness (QED) is 0.490. The van der Waals surface area contributed by atoms with Gasteiger partial charge in [-0.25, -0.2) is 4.39 Å². The molecule has 0 spiro atoms. The second-order valence-corrected chi connectivity index (χ2v) is 6.82. The Morgan fingerprint density at radius 3 is 1.96 bits per heavy atom. The number of aryl methyl sites for hydroxylation is 2. The average Bonchev–Trinajstić information content (AvgIpc) is 2.59. The van der Waals surface area contributed by atoms with Crippen molar-refractivity contribution in [1.29, 1.82) is 0 Å². The summed E-state index contributed by atoms with van der Waals surface area (Å²) < 4.78 is 13.3. The SMILES string of the molecule is CC1CCCCC1.Cc1ccc(C#Cc2ccc(C)c(F)c2)cc1. The molecule has 0 aromatic heterocycles. The Morgan fingerprint density at radius 2 is 1.42 bits per heavy atom. The van der Waals surface area contributed by atoms with Gasteiger partial charge in [0, 0.05) is 11.1 Å². The molecule has 1 aliphatic carbocycles. The van der Waals surface area contributed by atoms with Crippen LogP contribution in [0.25, 0.3) is 0 Å². The van der Waals surface area contributed by atoms with Gasteiger partial charge >= 0.3 is 0 Å². The predicted molar refractivity (Wildman–Crippen MR) is 101 cm³/mol. The molecule has 1 saturated carbocycles. The summed E-state index contributed by atoms with van der Waals surface area (Å²) in [5.41, 5.74) is 3.49. The van der Waals surface area contributed by atoms with Crippen LogP contribution in [-0.4, -0.2) is 0 Å². The van der Waals surface area contributed by atoms with Crippen LogP contribution < -0.4 is 0 Å². The molecule has 0 aliphatic heterocycles. The number of halogens is 1. The van der Waals surface area contributed by atoms with Crippen LogP contribution in [-0.2, 0) is 0 Å². The van der Waals surface area contributed by atoms with Crippen molar-refractivity contribution < 1.29 is 4.39 Å². The van der Waals surface area contributed by atoms with Crippen molar-refractivity contribution in [2.24, 2.45) is 5.92 Å². The van der Waals surface area contributed by atoms with Crippen molar-refractivity contribution in [1.82, 2.24) is 0 Å². The number of hydrogen-bond donors (Lipinski definition) is 0. The van der Waals surface area contributed by atoms with E-state index >= 15 is 0 Å². The van der Waals surface area contributed by atoms with Gasteiger partial charge in [-0.1, -0.05) is 74.6 Å². The minimum Gasteiger partial charge on any atom is -0.207 e. The van der Waals surface area contributed by atoms with E-state index in [-0.39, 0.29) is 5.82 Å². The highest BCUT2D eigenvalue weighted by molar-refractivity contribution is 5.44. The molecule has 1 fully saturated rings. The molecular formula is C23H27F. The maximum Gasteiger partial charge on any atom is 0.127 e. The van der Waals surface area contributed by atoms with Crippen molar-refractivity contribution in [3.05, 3.63) is 70.5 Å². The first-order valence-corrected chi connectivity index (χ1v) is 8.89. The summed E-state index contributed by atoms with van der Waals surface area (Å²) in [6, 6.07) is 13.0. The zero-order valence-corrected chi connectivity index (χ0v) is 15.0. The molecule has 0 nitrogen and oxygen atoms in total. The highest BCUT2D eigenvalue weighted by Crippen LogP contribution is 2.22. The van der Waals surface area contributed by atoms with Crippen molar-refractivity contribution in [3.63, 3.8) is 0 Å². The monoisotopic (exact) mass is 322 g/mol. The molecule has 3 rings (SSSR count).